The molecule has 0 aliphatic carbocycles. The highest BCUT2D eigenvalue weighted by Gasteiger charge is 2.32. The third kappa shape index (κ3) is 4.22. The van der Waals surface area contributed by atoms with Gasteiger partial charge in [0, 0.05) is 31.9 Å². The number of alkyl halides is 3. The lowest BCUT2D eigenvalue weighted by molar-refractivity contribution is -0.137. The molecule has 1 fully saturated rings. The van der Waals surface area contributed by atoms with E-state index in [9.17, 15) is 18.0 Å². The van der Waals surface area contributed by atoms with Gasteiger partial charge in [-0.25, -0.2) is 4.79 Å². The van der Waals surface area contributed by atoms with Crippen molar-refractivity contribution < 1.29 is 18.0 Å². The lowest BCUT2D eigenvalue weighted by Crippen LogP contribution is -2.50. The van der Waals surface area contributed by atoms with Crippen LogP contribution in [-0.4, -0.2) is 37.1 Å². The molecule has 0 saturated carbocycles. The second kappa shape index (κ2) is 7.45. The van der Waals surface area contributed by atoms with Gasteiger partial charge in [0.2, 0.25) is 0 Å². The summed E-state index contributed by atoms with van der Waals surface area (Å²) in [6.45, 7) is 1.60. The number of para-hydroxylation sites is 1. The van der Waals surface area contributed by atoms with Crippen molar-refractivity contribution >= 4 is 29.0 Å². The second-order valence-electron chi connectivity index (χ2n) is 5.93. The maximum atomic E-state index is 12.9. The van der Waals surface area contributed by atoms with Crippen LogP contribution in [0.25, 0.3) is 0 Å². The number of piperazine rings is 1. The number of halogens is 4. The molecule has 0 bridgehead atoms. The lowest BCUT2D eigenvalue weighted by atomic mass is 10.1. The Morgan fingerprint density at radius 2 is 1.65 bits per heavy atom. The summed E-state index contributed by atoms with van der Waals surface area (Å²) in [5.74, 6) is 0. The first-order chi connectivity index (χ1) is 12.3. The van der Waals surface area contributed by atoms with E-state index in [-0.39, 0.29) is 11.1 Å². The minimum Gasteiger partial charge on any atom is -0.367 e. The summed E-state index contributed by atoms with van der Waals surface area (Å²) in [5.41, 5.74) is 0.298. The van der Waals surface area contributed by atoms with E-state index in [1.807, 2.05) is 18.2 Å². The standard InChI is InChI=1S/C18H17ClF3N3O/c19-15-7-6-13(18(20,21)22)12-16(15)24-8-10-25(11-9-24)17(26)23-14-4-2-1-3-5-14/h1-7,12H,8-11H2,(H,23,26). The van der Waals surface area contributed by atoms with E-state index < -0.39 is 11.7 Å². The molecule has 2 aromatic carbocycles. The molecule has 0 unspecified atom stereocenters. The summed E-state index contributed by atoms with van der Waals surface area (Å²) in [6.07, 6.45) is -4.42. The second-order valence-corrected chi connectivity index (χ2v) is 6.34. The van der Waals surface area contributed by atoms with Gasteiger partial charge in [0.15, 0.2) is 0 Å². The summed E-state index contributed by atoms with van der Waals surface area (Å²) in [5, 5.41) is 3.06. The van der Waals surface area contributed by atoms with Crippen LogP contribution in [-0.2, 0) is 6.18 Å². The van der Waals surface area contributed by atoms with Crippen LogP contribution >= 0.6 is 11.6 Å². The summed E-state index contributed by atoms with van der Waals surface area (Å²) in [6, 6.07) is 12.1. The Balaban J connectivity index is 1.64. The molecule has 4 nitrogen and oxygen atoms in total. The number of carbonyl (C=O) groups is 1. The topological polar surface area (TPSA) is 35.6 Å². The van der Waals surface area contributed by atoms with E-state index in [2.05, 4.69) is 5.32 Å². The van der Waals surface area contributed by atoms with Crippen molar-refractivity contribution in [3.8, 4) is 0 Å². The monoisotopic (exact) mass is 383 g/mol. The van der Waals surface area contributed by atoms with Crippen molar-refractivity contribution in [1.82, 2.24) is 4.90 Å². The number of carbonyl (C=O) groups excluding carboxylic acids is 1. The van der Waals surface area contributed by atoms with Gasteiger partial charge in [-0.2, -0.15) is 13.2 Å². The molecule has 0 radical (unpaired) electrons. The molecule has 3 rings (SSSR count). The average Bonchev–Trinajstić information content (AvgIpc) is 2.62. The van der Waals surface area contributed by atoms with Crippen molar-refractivity contribution in [2.75, 3.05) is 36.4 Å². The fourth-order valence-electron chi connectivity index (χ4n) is 2.81. The Kier molecular flexibility index (Phi) is 5.27. The van der Waals surface area contributed by atoms with Gasteiger partial charge in [-0.05, 0) is 30.3 Å². The number of nitrogens with one attached hydrogen (secondary N) is 1. The van der Waals surface area contributed by atoms with Crippen LogP contribution in [0.4, 0.5) is 29.3 Å². The van der Waals surface area contributed by atoms with Gasteiger partial charge in [-0.3, -0.25) is 0 Å². The van der Waals surface area contributed by atoms with E-state index in [1.165, 1.54) is 6.07 Å². The van der Waals surface area contributed by atoms with Crippen LogP contribution in [0.2, 0.25) is 5.02 Å². The normalized spacial score (nSPS) is 15.1. The Labute approximate surface area is 154 Å². The Hall–Kier alpha value is -2.41. The third-order valence-corrected chi connectivity index (χ3v) is 4.53. The Bertz CT molecular complexity index is 775. The number of hydrogen-bond acceptors (Lipinski definition) is 2. The van der Waals surface area contributed by atoms with Gasteiger partial charge in [0.25, 0.3) is 0 Å². The zero-order valence-electron chi connectivity index (χ0n) is 13.8. The van der Waals surface area contributed by atoms with Crippen LogP contribution in [0.15, 0.2) is 48.5 Å². The number of nitrogens with zero attached hydrogens (tertiary/aromatic N) is 2. The van der Waals surface area contributed by atoms with Crippen LogP contribution in [0.5, 0.6) is 0 Å². The smallest absolute Gasteiger partial charge is 0.367 e. The Morgan fingerprint density at radius 3 is 2.27 bits per heavy atom. The van der Waals surface area contributed by atoms with Crippen LogP contribution in [0.1, 0.15) is 5.56 Å². The quantitative estimate of drug-likeness (QED) is 0.815. The zero-order valence-corrected chi connectivity index (χ0v) is 14.5. The molecule has 138 valence electrons. The number of amides is 2. The van der Waals surface area contributed by atoms with Crippen LogP contribution < -0.4 is 10.2 Å². The van der Waals surface area contributed by atoms with E-state index in [0.29, 0.717) is 37.6 Å². The predicted octanol–water partition coefficient (Wildman–Crippen LogP) is 4.71. The highest BCUT2D eigenvalue weighted by atomic mass is 35.5. The van der Waals surface area contributed by atoms with Gasteiger partial charge in [0.05, 0.1) is 16.3 Å². The van der Waals surface area contributed by atoms with Crippen LogP contribution in [0.3, 0.4) is 0 Å². The molecule has 1 N–H and O–H groups in total. The fraction of sp³-hybridized carbons (Fsp3) is 0.278. The minimum absolute atomic E-state index is 0.231. The largest absolute Gasteiger partial charge is 0.416 e. The fourth-order valence-corrected chi connectivity index (χ4v) is 3.04. The third-order valence-electron chi connectivity index (χ3n) is 4.21. The number of benzene rings is 2. The average molecular weight is 384 g/mol. The first-order valence-corrected chi connectivity index (χ1v) is 8.45. The molecule has 8 heteroatoms. The SMILES string of the molecule is O=C(Nc1ccccc1)N1CCN(c2cc(C(F)(F)F)ccc2Cl)CC1. The van der Waals surface area contributed by atoms with Crippen molar-refractivity contribution in [2.24, 2.45) is 0 Å². The molecule has 2 amide bonds. The molecule has 1 saturated heterocycles. The Morgan fingerprint density at radius 1 is 1.00 bits per heavy atom. The van der Waals surface area contributed by atoms with E-state index in [1.54, 1.807) is 21.9 Å². The zero-order chi connectivity index (χ0) is 18.7. The predicted molar refractivity (Wildman–Crippen MR) is 95.7 cm³/mol. The minimum atomic E-state index is -4.42. The van der Waals surface area contributed by atoms with E-state index in [0.717, 1.165) is 12.1 Å². The van der Waals surface area contributed by atoms with E-state index in [4.69, 9.17) is 11.6 Å². The first kappa shape index (κ1) is 18.4. The highest BCUT2D eigenvalue weighted by Crippen LogP contribution is 2.35. The lowest BCUT2D eigenvalue weighted by Gasteiger charge is -2.36. The maximum absolute atomic E-state index is 12.9. The highest BCUT2D eigenvalue weighted by molar-refractivity contribution is 6.33. The molecular formula is C18H17ClF3N3O. The molecule has 0 atom stereocenters. The van der Waals surface area contributed by atoms with Crippen LogP contribution in [0, 0.1) is 0 Å². The van der Waals surface area contributed by atoms with Crippen molar-refractivity contribution in [1.29, 1.82) is 0 Å². The van der Waals surface area contributed by atoms with Gasteiger partial charge in [0.1, 0.15) is 0 Å². The molecule has 1 aliphatic heterocycles. The summed E-state index contributed by atoms with van der Waals surface area (Å²) >= 11 is 6.08. The number of urea groups is 1. The molecule has 0 spiro atoms. The number of hydrogen-bond donors (Lipinski definition) is 1. The molecule has 26 heavy (non-hydrogen) atoms. The van der Waals surface area contributed by atoms with Gasteiger partial charge >= 0.3 is 12.2 Å². The molecule has 1 heterocycles. The van der Waals surface area contributed by atoms with E-state index >= 15 is 0 Å². The van der Waals surface area contributed by atoms with Gasteiger partial charge in [-0.15, -0.1) is 0 Å². The molecular weight excluding hydrogens is 367 g/mol. The number of rotatable bonds is 2. The summed E-state index contributed by atoms with van der Waals surface area (Å²) < 4.78 is 38.8. The summed E-state index contributed by atoms with van der Waals surface area (Å²) in [4.78, 5) is 15.7. The van der Waals surface area contributed by atoms with Crippen molar-refractivity contribution in [2.45, 2.75) is 6.18 Å². The first-order valence-electron chi connectivity index (χ1n) is 8.07. The van der Waals surface area contributed by atoms with Crippen molar-refractivity contribution in [3.05, 3.63) is 59.1 Å². The summed E-state index contributed by atoms with van der Waals surface area (Å²) in [7, 11) is 0. The molecule has 0 aromatic heterocycles. The molecule has 2 aromatic rings. The van der Waals surface area contributed by atoms with Gasteiger partial charge in [-0.1, -0.05) is 29.8 Å². The maximum Gasteiger partial charge on any atom is 0.416 e. The molecule has 1 aliphatic rings. The van der Waals surface area contributed by atoms with Crippen molar-refractivity contribution in [3.63, 3.8) is 0 Å². The number of anilines is 2. The van der Waals surface area contributed by atoms with Gasteiger partial charge < -0.3 is 15.1 Å².